The van der Waals surface area contributed by atoms with E-state index in [2.05, 4.69) is 68.7 Å². The number of ether oxygens (including phenoxy) is 1. The summed E-state index contributed by atoms with van der Waals surface area (Å²) in [5.41, 5.74) is 8.47. The fourth-order valence-corrected chi connectivity index (χ4v) is 4.66. The van der Waals surface area contributed by atoms with Gasteiger partial charge in [-0.1, -0.05) is 29.5 Å². The molecule has 0 radical (unpaired) electrons. The predicted octanol–water partition coefficient (Wildman–Crippen LogP) is 4.54. The van der Waals surface area contributed by atoms with E-state index in [0.717, 1.165) is 55.3 Å². The van der Waals surface area contributed by atoms with Crippen molar-refractivity contribution in [1.82, 2.24) is 19.9 Å². The summed E-state index contributed by atoms with van der Waals surface area (Å²) in [4.78, 5) is 2.35. The van der Waals surface area contributed by atoms with Crippen LogP contribution in [-0.2, 0) is 6.54 Å². The van der Waals surface area contributed by atoms with E-state index in [4.69, 9.17) is 4.74 Å². The van der Waals surface area contributed by atoms with Crippen LogP contribution in [0, 0.1) is 6.92 Å². The van der Waals surface area contributed by atoms with Gasteiger partial charge in [-0.15, -0.1) is 5.10 Å². The maximum absolute atomic E-state index is 5.43. The summed E-state index contributed by atoms with van der Waals surface area (Å²) in [6.45, 7) is 4.99. The van der Waals surface area contributed by atoms with Gasteiger partial charge in [0.25, 0.3) is 0 Å². The van der Waals surface area contributed by atoms with Crippen LogP contribution in [0.3, 0.4) is 0 Å². The lowest BCUT2D eigenvalue weighted by atomic mass is 9.90. The number of likely N-dealkylation sites (N-methyl/N-ethyl adjacent to an activating group) is 1. The largest absolute Gasteiger partial charge is 0.497 e. The van der Waals surface area contributed by atoms with Gasteiger partial charge in [0, 0.05) is 37.0 Å². The van der Waals surface area contributed by atoms with Crippen molar-refractivity contribution in [2.75, 3.05) is 32.6 Å². The SMILES string of the molecule is COc1cccc(NC2CCn3nnc(C)c3-c3ccc(C4=CCN(C)CC4)cc32)c1. The average molecular weight is 416 g/mol. The second-order valence-corrected chi connectivity index (χ2v) is 8.51. The van der Waals surface area contributed by atoms with Crippen LogP contribution in [0.4, 0.5) is 5.69 Å². The Morgan fingerprint density at radius 2 is 2.03 bits per heavy atom. The van der Waals surface area contributed by atoms with E-state index in [1.807, 2.05) is 19.1 Å². The molecule has 1 aromatic heterocycles. The van der Waals surface area contributed by atoms with Crippen LogP contribution in [0.1, 0.15) is 35.7 Å². The average Bonchev–Trinajstić information content (AvgIpc) is 3.09. The zero-order chi connectivity index (χ0) is 21.4. The lowest BCUT2D eigenvalue weighted by Crippen LogP contribution is -2.23. The summed E-state index contributed by atoms with van der Waals surface area (Å²) in [5.74, 6) is 0.858. The monoisotopic (exact) mass is 415 g/mol. The molecule has 6 nitrogen and oxygen atoms in total. The molecule has 2 aromatic carbocycles. The van der Waals surface area contributed by atoms with Crippen molar-refractivity contribution < 1.29 is 4.74 Å². The van der Waals surface area contributed by atoms with E-state index in [1.165, 1.54) is 22.3 Å². The quantitative estimate of drug-likeness (QED) is 0.678. The van der Waals surface area contributed by atoms with Crippen molar-refractivity contribution >= 4 is 11.3 Å². The summed E-state index contributed by atoms with van der Waals surface area (Å²) in [5, 5.41) is 12.5. The van der Waals surface area contributed by atoms with E-state index in [-0.39, 0.29) is 6.04 Å². The van der Waals surface area contributed by atoms with Gasteiger partial charge in [-0.3, -0.25) is 0 Å². The van der Waals surface area contributed by atoms with Crippen molar-refractivity contribution in [3.8, 4) is 17.0 Å². The zero-order valence-electron chi connectivity index (χ0n) is 18.4. The number of anilines is 1. The molecule has 0 amide bonds. The number of hydrogen-bond acceptors (Lipinski definition) is 5. The van der Waals surface area contributed by atoms with Crippen molar-refractivity contribution in [1.29, 1.82) is 0 Å². The Labute approximate surface area is 183 Å². The molecule has 2 aliphatic heterocycles. The van der Waals surface area contributed by atoms with Gasteiger partial charge in [0.2, 0.25) is 0 Å². The van der Waals surface area contributed by atoms with Crippen LogP contribution < -0.4 is 10.1 Å². The molecule has 0 bridgehead atoms. The molecule has 3 heterocycles. The molecule has 0 saturated heterocycles. The van der Waals surface area contributed by atoms with Gasteiger partial charge >= 0.3 is 0 Å². The van der Waals surface area contributed by atoms with Crippen molar-refractivity contribution in [3.63, 3.8) is 0 Å². The maximum Gasteiger partial charge on any atom is 0.120 e. The third-order valence-electron chi connectivity index (χ3n) is 6.41. The first-order valence-corrected chi connectivity index (χ1v) is 11.0. The highest BCUT2D eigenvalue weighted by atomic mass is 16.5. The topological polar surface area (TPSA) is 55.2 Å². The minimum Gasteiger partial charge on any atom is -0.497 e. The number of aryl methyl sites for hydroxylation is 2. The standard InChI is InChI=1S/C25H29N5O/c1-17-25-22-8-7-19(18-9-12-29(2)13-10-18)15-23(22)24(11-14-30(25)28-27-17)26-20-5-4-6-21(16-20)31-3/h4-9,15-16,24,26H,10-14H2,1-3H3. The molecule has 3 aromatic rings. The highest BCUT2D eigenvalue weighted by Crippen LogP contribution is 2.39. The highest BCUT2D eigenvalue weighted by molar-refractivity contribution is 5.74. The van der Waals surface area contributed by atoms with Crippen LogP contribution >= 0.6 is 0 Å². The Balaban J connectivity index is 1.58. The number of methoxy groups -OCH3 is 1. The number of fused-ring (bicyclic) bond motifs is 3. The number of nitrogens with zero attached hydrogens (tertiary/aromatic N) is 4. The zero-order valence-corrected chi connectivity index (χ0v) is 18.4. The van der Waals surface area contributed by atoms with E-state index in [1.54, 1.807) is 7.11 Å². The smallest absolute Gasteiger partial charge is 0.120 e. The summed E-state index contributed by atoms with van der Waals surface area (Å²) in [7, 11) is 3.88. The van der Waals surface area contributed by atoms with Crippen LogP contribution in [0.15, 0.2) is 48.5 Å². The molecule has 1 unspecified atom stereocenters. The Hall–Kier alpha value is -3.12. The van der Waals surface area contributed by atoms with Crippen molar-refractivity contribution in [3.05, 3.63) is 65.4 Å². The second kappa shape index (κ2) is 8.19. The molecule has 5 rings (SSSR count). The molecule has 0 saturated carbocycles. The number of benzene rings is 2. The summed E-state index contributed by atoms with van der Waals surface area (Å²) in [6, 6.07) is 15.2. The van der Waals surface area contributed by atoms with E-state index >= 15 is 0 Å². The number of rotatable bonds is 4. The first kappa shape index (κ1) is 19.8. The third-order valence-corrected chi connectivity index (χ3v) is 6.41. The lowest BCUT2D eigenvalue weighted by Gasteiger charge is -2.25. The van der Waals surface area contributed by atoms with Crippen molar-refractivity contribution in [2.45, 2.75) is 32.4 Å². The first-order chi connectivity index (χ1) is 15.1. The Kier molecular flexibility index (Phi) is 5.24. The Bertz CT molecular complexity index is 1130. The Morgan fingerprint density at radius 3 is 2.84 bits per heavy atom. The number of nitrogens with one attached hydrogen (secondary N) is 1. The summed E-state index contributed by atoms with van der Waals surface area (Å²) in [6.07, 6.45) is 4.39. The van der Waals surface area contributed by atoms with Gasteiger partial charge in [-0.2, -0.15) is 0 Å². The third kappa shape index (κ3) is 3.83. The minimum atomic E-state index is 0.176. The van der Waals surface area contributed by atoms with Gasteiger partial charge in [-0.05, 0) is 61.7 Å². The van der Waals surface area contributed by atoms with Crippen LogP contribution in [0.25, 0.3) is 16.8 Å². The lowest BCUT2D eigenvalue weighted by molar-refractivity contribution is 0.370. The van der Waals surface area contributed by atoms with E-state index < -0.39 is 0 Å². The fourth-order valence-electron chi connectivity index (χ4n) is 4.66. The van der Waals surface area contributed by atoms with Gasteiger partial charge in [-0.25, -0.2) is 4.68 Å². The molecule has 31 heavy (non-hydrogen) atoms. The molecule has 0 spiro atoms. The summed E-state index contributed by atoms with van der Waals surface area (Å²) < 4.78 is 7.48. The van der Waals surface area contributed by atoms with Crippen LogP contribution in [0.5, 0.6) is 5.75 Å². The molecular weight excluding hydrogens is 386 g/mol. The molecule has 1 N–H and O–H groups in total. The normalized spacial score (nSPS) is 18.5. The number of hydrogen-bond donors (Lipinski definition) is 1. The number of aromatic nitrogens is 3. The molecular formula is C25H29N5O. The molecule has 0 fully saturated rings. The first-order valence-electron chi connectivity index (χ1n) is 11.0. The van der Waals surface area contributed by atoms with Crippen LogP contribution in [-0.4, -0.2) is 47.1 Å². The molecule has 0 aliphatic carbocycles. The molecule has 6 heteroatoms. The van der Waals surface area contributed by atoms with Gasteiger partial charge < -0.3 is 15.0 Å². The molecule has 160 valence electrons. The van der Waals surface area contributed by atoms with E-state index in [0.29, 0.717) is 0 Å². The maximum atomic E-state index is 5.43. The predicted molar refractivity (Wildman–Crippen MR) is 124 cm³/mol. The minimum absolute atomic E-state index is 0.176. The van der Waals surface area contributed by atoms with Crippen molar-refractivity contribution in [2.24, 2.45) is 0 Å². The van der Waals surface area contributed by atoms with Crippen LogP contribution in [0.2, 0.25) is 0 Å². The Morgan fingerprint density at radius 1 is 1.13 bits per heavy atom. The highest BCUT2D eigenvalue weighted by Gasteiger charge is 2.26. The summed E-state index contributed by atoms with van der Waals surface area (Å²) >= 11 is 0. The van der Waals surface area contributed by atoms with E-state index in [9.17, 15) is 0 Å². The van der Waals surface area contributed by atoms with Gasteiger partial charge in [0.05, 0.1) is 24.5 Å². The fraction of sp³-hybridized carbons (Fsp3) is 0.360. The second-order valence-electron chi connectivity index (χ2n) is 8.51. The molecule has 1 atom stereocenters. The van der Waals surface area contributed by atoms with Gasteiger partial charge in [0.15, 0.2) is 0 Å². The van der Waals surface area contributed by atoms with Gasteiger partial charge in [0.1, 0.15) is 5.75 Å². The molecule has 2 aliphatic rings.